The van der Waals surface area contributed by atoms with Gasteiger partial charge in [-0.15, -0.1) is 0 Å². The molecular formula is C23H24ClN3O4S. The van der Waals surface area contributed by atoms with Gasteiger partial charge < -0.3 is 4.42 Å². The molecule has 3 aromatic rings. The highest BCUT2D eigenvalue weighted by molar-refractivity contribution is 7.90. The number of sulfone groups is 1. The lowest BCUT2D eigenvalue weighted by Crippen LogP contribution is -2.27. The van der Waals surface area contributed by atoms with Gasteiger partial charge in [0.15, 0.2) is 21.4 Å². The third-order valence-corrected chi connectivity index (χ3v) is 7.28. The number of carbonyl (C=O) groups excluding carboxylic acids is 1. The van der Waals surface area contributed by atoms with Gasteiger partial charge >= 0.3 is 0 Å². The zero-order valence-corrected chi connectivity index (χ0v) is 19.3. The fourth-order valence-electron chi connectivity index (χ4n) is 4.06. The lowest BCUT2D eigenvalue weighted by Gasteiger charge is -2.23. The summed E-state index contributed by atoms with van der Waals surface area (Å²) < 4.78 is 29.2. The monoisotopic (exact) mass is 473 g/mol. The molecule has 0 aliphatic heterocycles. The van der Waals surface area contributed by atoms with Crippen molar-refractivity contribution in [2.45, 2.75) is 43.4 Å². The molecule has 0 unspecified atom stereocenters. The van der Waals surface area contributed by atoms with Crippen molar-refractivity contribution >= 4 is 38.9 Å². The van der Waals surface area contributed by atoms with E-state index in [2.05, 4.69) is 9.97 Å². The first-order valence-corrected chi connectivity index (χ1v) is 12.8. The van der Waals surface area contributed by atoms with Gasteiger partial charge in [-0.2, -0.15) is 0 Å². The first-order chi connectivity index (χ1) is 15.3. The van der Waals surface area contributed by atoms with Gasteiger partial charge in [0.25, 0.3) is 0 Å². The van der Waals surface area contributed by atoms with Crippen LogP contribution in [0.3, 0.4) is 0 Å². The first kappa shape index (κ1) is 22.5. The Bertz CT molecular complexity index is 1190. The van der Waals surface area contributed by atoms with Crippen LogP contribution in [0.25, 0.3) is 11.5 Å². The number of halogens is 1. The number of carbonyl (C=O) groups is 1. The molecule has 168 valence electrons. The zero-order chi connectivity index (χ0) is 22.7. The van der Waals surface area contributed by atoms with E-state index in [0.717, 1.165) is 25.5 Å². The Labute approximate surface area is 192 Å². The molecule has 1 aliphatic carbocycles. The second-order valence-electron chi connectivity index (χ2n) is 8.04. The van der Waals surface area contributed by atoms with Gasteiger partial charge in [-0.25, -0.2) is 18.4 Å². The number of rotatable bonds is 7. The minimum absolute atomic E-state index is 0.0144. The first-order valence-electron chi connectivity index (χ1n) is 10.5. The number of furan rings is 1. The fourth-order valence-corrected chi connectivity index (χ4v) is 5.38. The molecule has 7 nitrogen and oxygen atoms in total. The van der Waals surface area contributed by atoms with Crippen LogP contribution in [0.1, 0.15) is 38.5 Å². The molecular weight excluding hydrogens is 450 g/mol. The average Bonchev–Trinajstić information content (AvgIpc) is 3.46. The number of nitrogens with zero attached hydrogens (tertiary/aromatic N) is 3. The van der Waals surface area contributed by atoms with Crippen molar-refractivity contribution in [2.75, 3.05) is 11.2 Å². The molecule has 2 aromatic heterocycles. The standard InChI is InChI=1S/C23H24ClN3O4S/c1-32(29,30)21-10-9-17(13-18(21)24)27(23(28)11-8-16-5-2-3-6-16)22-15-25-19(14-26-22)20-7-4-12-31-20/h4,7,9-10,12-16H,2-3,5-6,8,11H2,1H3. The van der Waals surface area contributed by atoms with Crippen LogP contribution in [0.4, 0.5) is 11.5 Å². The summed E-state index contributed by atoms with van der Waals surface area (Å²) in [5.41, 5.74) is 0.987. The van der Waals surface area contributed by atoms with Crippen LogP contribution in [0.5, 0.6) is 0 Å². The quantitative estimate of drug-likeness (QED) is 0.454. The van der Waals surface area contributed by atoms with Crippen molar-refractivity contribution in [1.82, 2.24) is 9.97 Å². The second kappa shape index (κ2) is 9.42. The number of benzene rings is 1. The van der Waals surface area contributed by atoms with Gasteiger partial charge in [0.2, 0.25) is 5.91 Å². The van der Waals surface area contributed by atoms with Crippen LogP contribution in [-0.2, 0) is 14.6 Å². The van der Waals surface area contributed by atoms with E-state index in [4.69, 9.17) is 16.0 Å². The Hall–Kier alpha value is -2.71. The number of amides is 1. The summed E-state index contributed by atoms with van der Waals surface area (Å²) in [7, 11) is -3.49. The molecule has 0 atom stereocenters. The molecule has 1 amide bonds. The van der Waals surface area contributed by atoms with Crippen LogP contribution >= 0.6 is 11.6 Å². The summed E-state index contributed by atoms with van der Waals surface area (Å²) in [6.45, 7) is 0. The number of hydrogen-bond donors (Lipinski definition) is 0. The molecule has 0 saturated heterocycles. The van der Waals surface area contributed by atoms with E-state index in [1.165, 1.54) is 42.3 Å². The van der Waals surface area contributed by atoms with Gasteiger partial charge in [0.05, 0.1) is 34.3 Å². The Morgan fingerprint density at radius 2 is 1.97 bits per heavy atom. The van der Waals surface area contributed by atoms with E-state index in [1.807, 2.05) is 0 Å². The topological polar surface area (TPSA) is 93.4 Å². The molecule has 32 heavy (non-hydrogen) atoms. The summed E-state index contributed by atoms with van der Waals surface area (Å²) >= 11 is 6.26. The van der Waals surface area contributed by atoms with Gasteiger partial charge in [-0.05, 0) is 42.7 Å². The van der Waals surface area contributed by atoms with Crippen molar-refractivity contribution in [1.29, 1.82) is 0 Å². The predicted octanol–water partition coefficient (Wildman–Crippen LogP) is 5.43. The smallest absolute Gasteiger partial charge is 0.232 e. The van der Waals surface area contributed by atoms with Crippen molar-refractivity contribution in [3.63, 3.8) is 0 Å². The highest BCUT2D eigenvalue weighted by Gasteiger charge is 2.24. The summed E-state index contributed by atoms with van der Waals surface area (Å²) in [5.74, 6) is 1.33. The molecule has 1 aliphatic rings. The number of anilines is 2. The van der Waals surface area contributed by atoms with Crippen LogP contribution in [0.2, 0.25) is 5.02 Å². The van der Waals surface area contributed by atoms with Crippen molar-refractivity contribution in [2.24, 2.45) is 5.92 Å². The van der Waals surface area contributed by atoms with E-state index in [0.29, 0.717) is 35.3 Å². The molecule has 0 spiro atoms. The fraction of sp³-hybridized carbons (Fsp3) is 0.348. The number of aromatic nitrogens is 2. The highest BCUT2D eigenvalue weighted by atomic mass is 35.5. The maximum atomic E-state index is 13.3. The molecule has 0 bridgehead atoms. The molecule has 4 rings (SSSR count). The lowest BCUT2D eigenvalue weighted by atomic mass is 10.0. The van der Waals surface area contributed by atoms with Crippen LogP contribution in [0, 0.1) is 5.92 Å². The molecule has 0 radical (unpaired) electrons. The Balaban J connectivity index is 1.66. The lowest BCUT2D eigenvalue weighted by molar-refractivity contribution is -0.118. The minimum Gasteiger partial charge on any atom is -0.463 e. The predicted molar refractivity (Wildman–Crippen MR) is 123 cm³/mol. The molecule has 2 heterocycles. The summed E-state index contributed by atoms with van der Waals surface area (Å²) in [6.07, 6.45) is 11.6. The second-order valence-corrected chi connectivity index (χ2v) is 10.4. The Morgan fingerprint density at radius 3 is 2.56 bits per heavy atom. The van der Waals surface area contributed by atoms with E-state index < -0.39 is 9.84 Å². The van der Waals surface area contributed by atoms with Crippen LogP contribution in [0.15, 0.2) is 58.3 Å². The number of hydrogen-bond acceptors (Lipinski definition) is 6. The third kappa shape index (κ3) is 5.02. The van der Waals surface area contributed by atoms with E-state index in [-0.39, 0.29) is 15.8 Å². The maximum absolute atomic E-state index is 13.3. The molecule has 9 heteroatoms. The van der Waals surface area contributed by atoms with Crippen molar-refractivity contribution < 1.29 is 17.6 Å². The summed E-state index contributed by atoms with van der Waals surface area (Å²) in [6, 6.07) is 7.99. The van der Waals surface area contributed by atoms with E-state index in [9.17, 15) is 13.2 Å². The molecule has 0 N–H and O–H groups in total. The highest BCUT2D eigenvalue weighted by Crippen LogP contribution is 2.33. The Morgan fingerprint density at radius 1 is 1.19 bits per heavy atom. The summed E-state index contributed by atoms with van der Waals surface area (Å²) in [5, 5.41) is 0.0544. The van der Waals surface area contributed by atoms with Crippen molar-refractivity contribution in [3.05, 3.63) is 54.0 Å². The minimum atomic E-state index is -3.49. The van der Waals surface area contributed by atoms with E-state index in [1.54, 1.807) is 24.5 Å². The van der Waals surface area contributed by atoms with E-state index >= 15 is 0 Å². The Kier molecular flexibility index (Phi) is 6.62. The van der Waals surface area contributed by atoms with Gasteiger partial charge in [-0.1, -0.05) is 37.3 Å². The van der Waals surface area contributed by atoms with Gasteiger partial charge in [0, 0.05) is 12.7 Å². The largest absolute Gasteiger partial charge is 0.463 e. The van der Waals surface area contributed by atoms with Gasteiger partial charge in [0.1, 0.15) is 5.69 Å². The molecule has 1 fully saturated rings. The normalized spacial score (nSPS) is 14.6. The molecule has 1 aromatic carbocycles. The van der Waals surface area contributed by atoms with Gasteiger partial charge in [-0.3, -0.25) is 9.69 Å². The zero-order valence-electron chi connectivity index (χ0n) is 17.7. The SMILES string of the molecule is CS(=O)(=O)c1ccc(N(C(=O)CCC2CCCC2)c2cnc(-c3ccco3)cn2)cc1Cl. The summed E-state index contributed by atoms with van der Waals surface area (Å²) in [4.78, 5) is 23.6. The van der Waals surface area contributed by atoms with Crippen LogP contribution < -0.4 is 4.90 Å². The molecule has 1 saturated carbocycles. The van der Waals surface area contributed by atoms with Crippen molar-refractivity contribution in [3.8, 4) is 11.5 Å². The maximum Gasteiger partial charge on any atom is 0.232 e. The third-order valence-electron chi connectivity index (χ3n) is 5.70. The van der Waals surface area contributed by atoms with Crippen LogP contribution in [-0.4, -0.2) is 30.5 Å². The average molecular weight is 474 g/mol.